The molecule has 1 aliphatic heterocycles. The number of aliphatic hydroxyl groups is 1. The second kappa shape index (κ2) is 12.4. The molecule has 0 saturated carbocycles. The molecule has 0 bridgehead atoms. The average molecular weight is 641 g/mol. The number of thioether (sulfide) groups is 1. The van der Waals surface area contributed by atoms with Crippen molar-refractivity contribution < 1.29 is 29.1 Å². The lowest BCUT2D eigenvalue weighted by Crippen LogP contribution is -2.29. The van der Waals surface area contributed by atoms with E-state index in [9.17, 15) is 24.8 Å². The topological polar surface area (TPSA) is 145 Å². The molecule has 1 atom stereocenters. The number of carbonyl (C=O) groups is 2. The number of rotatable bonds is 9. The molecule has 226 valence electrons. The van der Waals surface area contributed by atoms with Gasteiger partial charge in [-0.25, -0.2) is 0 Å². The summed E-state index contributed by atoms with van der Waals surface area (Å²) in [6, 6.07) is 23.0. The smallest absolute Gasteiger partial charge is 0.301 e. The Hall–Kier alpha value is -5.27. The van der Waals surface area contributed by atoms with Crippen LogP contribution in [-0.2, 0) is 15.3 Å². The third-order valence-electron chi connectivity index (χ3n) is 7.33. The maximum Gasteiger partial charge on any atom is 0.301 e. The lowest BCUT2D eigenvalue weighted by Gasteiger charge is -2.22. The molecule has 0 spiro atoms. The van der Waals surface area contributed by atoms with Crippen molar-refractivity contribution in [2.45, 2.75) is 16.1 Å². The summed E-state index contributed by atoms with van der Waals surface area (Å²) in [4.78, 5) is 39.4. The number of nitro benzene ring substituents is 1. The number of hydrogen-bond acceptors (Lipinski definition) is 11. The summed E-state index contributed by atoms with van der Waals surface area (Å²) in [7, 11) is 2.89. The predicted molar refractivity (Wildman–Crippen MR) is 171 cm³/mol. The van der Waals surface area contributed by atoms with E-state index in [0.717, 1.165) is 32.6 Å². The maximum absolute atomic E-state index is 13.6. The Morgan fingerprint density at radius 1 is 0.978 bits per heavy atom. The van der Waals surface area contributed by atoms with Crippen LogP contribution in [0, 0.1) is 10.1 Å². The van der Waals surface area contributed by atoms with E-state index >= 15 is 0 Å². The summed E-state index contributed by atoms with van der Waals surface area (Å²) in [6.45, 7) is 0. The van der Waals surface area contributed by atoms with Crippen molar-refractivity contribution in [2.24, 2.45) is 0 Å². The number of Topliss-reactive ketones (excluding diaryl/α,β-unsaturated/α-hetero) is 1. The Labute approximate surface area is 264 Å². The molecule has 45 heavy (non-hydrogen) atoms. The van der Waals surface area contributed by atoms with E-state index in [0.29, 0.717) is 21.6 Å². The van der Waals surface area contributed by atoms with Crippen LogP contribution in [0.4, 0.5) is 10.8 Å². The number of nitrogens with zero attached hydrogens (tertiary/aromatic N) is 4. The highest BCUT2D eigenvalue weighted by Crippen LogP contribution is 2.45. The van der Waals surface area contributed by atoms with Gasteiger partial charge in [-0.2, -0.15) is 0 Å². The number of nitro groups is 1. The quantitative estimate of drug-likeness (QED) is 0.0359. The normalized spacial score (nSPS) is 15.9. The van der Waals surface area contributed by atoms with Crippen LogP contribution in [0.5, 0.6) is 11.5 Å². The second-order valence-corrected chi connectivity index (χ2v) is 12.0. The minimum absolute atomic E-state index is 0.111. The van der Waals surface area contributed by atoms with E-state index in [2.05, 4.69) is 10.2 Å². The fraction of sp³-hybridized carbons (Fsp3) is 0.125. The first-order valence-corrected chi connectivity index (χ1v) is 15.3. The molecule has 1 aliphatic rings. The van der Waals surface area contributed by atoms with Crippen molar-refractivity contribution in [3.8, 4) is 11.5 Å². The molecule has 13 heteroatoms. The molecule has 11 nitrogen and oxygen atoms in total. The van der Waals surface area contributed by atoms with Crippen LogP contribution >= 0.6 is 23.1 Å². The number of non-ortho nitro benzene ring substituents is 1. The number of ketones is 1. The summed E-state index contributed by atoms with van der Waals surface area (Å²) in [5.74, 6) is -1.13. The molecular formula is C32H24N4O7S2. The Balaban J connectivity index is 1.41. The van der Waals surface area contributed by atoms with E-state index in [1.165, 1.54) is 56.3 Å². The van der Waals surface area contributed by atoms with E-state index in [4.69, 9.17) is 9.47 Å². The summed E-state index contributed by atoms with van der Waals surface area (Å²) in [6.07, 6.45) is 0. The SMILES string of the molecule is COc1ccc(/C(O)=C2/C(=O)C(=O)N(c3nnc(SCc4cccc5ccccc45)s3)C2c2cccc([N+](=O)[O-])c2)cc1OC. The number of methoxy groups -OCH3 is 2. The molecule has 2 heterocycles. The summed E-state index contributed by atoms with van der Waals surface area (Å²) in [5.41, 5.74) is 1.03. The van der Waals surface area contributed by atoms with Crippen LogP contribution in [0.2, 0.25) is 0 Å². The molecule has 1 amide bonds. The fourth-order valence-corrected chi connectivity index (χ4v) is 7.08. The largest absolute Gasteiger partial charge is 0.507 e. The zero-order valence-electron chi connectivity index (χ0n) is 23.9. The summed E-state index contributed by atoms with van der Waals surface area (Å²) in [5, 5.41) is 34.0. The fourth-order valence-electron chi connectivity index (χ4n) is 5.21. The predicted octanol–water partition coefficient (Wildman–Crippen LogP) is 6.54. The number of amides is 1. The minimum atomic E-state index is -1.22. The number of aliphatic hydroxyl groups excluding tert-OH is 1. The Morgan fingerprint density at radius 2 is 1.73 bits per heavy atom. The third kappa shape index (κ3) is 5.58. The molecular weight excluding hydrogens is 617 g/mol. The van der Waals surface area contributed by atoms with Crippen molar-refractivity contribution in [3.63, 3.8) is 0 Å². The van der Waals surface area contributed by atoms with Gasteiger partial charge >= 0.3 is 5.91 Å². The van der Waals surface area contributed by atoms with E-state index in [1.807, 2.05) is 42.5 Å². The first-order chi connectivity index (χ1) is 21.8. The molecule has 1 fully saturated rings. The van der Waals surface area contributed by atoms with Gasteiger partial charge < -0.3 is 14.6 Å². The van der Waals surface area contributed by atoms with Crippen LogP contribution in [0.1, 0.15) is 22.7 Å². The monoisotopic (exact) mass is 640 g/mol. The van der Waals surface area contributed by atoms with Crippen LogP contribution in [0.15, 0.2) is 94.8 Å². The Bertz CT molecular complexity index is 2000. The van der Waals surface area contributed by atoms with Gasteiger partial charge in [0.05, 0.1) is 30.8 Å². The van der Waals surface area contributed by atoms with Gasteiger partial charge in [0.1, 0.15) is 5.76 Å². The summed E-state index contributed by atoms with van der Waals surface area (Å²) < 4.78 is 11.2. The van der Waals surface area contributed by atoms with Gasteiger partial charge in [-0.1, -0.05) is 77.7 Å². The molecule has 1 aromatic heterocycles. The molecule has 1 N–H and O–H groups in total. The molecule has 4 aromatic carbocycles. The number of carbonyl (C=O) groups excluding carboxylic acids is 2. The lowest BCUT2D eigenvalue weighted by atomic mass is 9.95. The molecule has 1 saturated heterocycles. The highest BCUT2D eigenvalue weighted by atomic mass is 32.2. The summed E-state index contributed by atoms with van der Waals surface area (Å²) >= 11 is 2.54. The number of hydrogen-bond donors (Lipinski definition) is 1. The first-order valence-electron chi connectivity index (χ1n) is 13.5. The zero-order chi connectivity index (χ0) is 31.7. The van der Waals surface area contributed by atoms with E-state index < -0.39 is 28.4 Å². The van der Waals surface area contributed by atoms with Crippen molar-refractivity contribution >= 4 is 62.1 Å². The molecule has 1 unspecified atom stereocenters. The number of aromatic nitrogens is 2. The van der Waals surface area contributed by atoms with Crippen molar-refractivity contribution in [1.29, 1.82) is 0 Å². The van der Waals surface area contributed by atoms with Crippen LogP contribution in [0.3, 0.4) is 0 Å². The Morgan fingerprint density at radius 3 is 2.51 bits per heavy atom. The maximum atomic E-state index is 13.6. The van der Waals surface area contributed by atoms with E-state index in [1.54, 1.807) is 12.1 Å². The van der Waals surface area contributed by atoms with Gasteiger partial charge in [0.2, 0.25) is 5.13 Å². The van der Waals surface area contributed by atoms with Crippen molar-refractivity contribution in [2.75, 3.05) is 19.1 Å². The van der Waals surface area contributed by atoms with Crippen LogP contribution in [-0.4, -0.2) is 46.1 Å². The van der Waals surface area contributed by atoms with Crippen LogP contribution < -0.4 is 14.4 Å². The second-order valence-electron chi connectivity index (χ2n) is 9.87. The van der Waals surface area contributed by atoms with Gasteiger partial charge in [-0.15, -0.1) is 10.2 Å². The van der Waals surface area contributed by atoms with Crippen molar-refractivity contribution in [3.05, 3.63) is 117 Å². The standard InChI is InChI=1S/C32H24N4O7S2/c1-42-24-14-13-20(16-25(24)43-2)28(37)26-27(19-9-6-11-22(15-19)36(40)41)35(30(39)29(26)38)31-33-34-32(45-31)44-17-21-10-5-8-18-7-3-4-12-23(18)21/h3-16,27,37H,17H2,1-2H3/b28-26-. The zero-order valence-corrected chi connectivity index (χ0v) is 25.5. The van der Waals surface area contributed by atoms with Gasteiger partial charge in [-0.05, 0) is 40.1 Å². The average Bonchev–Trinajstić information content (AvgIpc) is 3.64. The molecule has 5 aromatic rings. The highest BCUT2D eigenvalue weighted by molar-refractivity contribution is 8.00. The number of anilines is 1. The first kappa shape index (κ1) is 29.8. The van der Waals surface area contributed by atoms with Gasteiger partial charge in [0, 0.05) is 23.4 Å². The Kier molecular flexibility index (Phi) is 8.20. The van der Waals surface area contributed by atoms with Gasteiger partial charge in [-0.3, -0.25) is 24.6 Å². The van der Waals surface area contributed by atoms with Crippen molar-refractivity contribution in [1.82, 2.24) is 10.2 Å². The van der Waals surface area contributed by atoms with Gasteiger partial charge in [0.15, 0.2) is 15.8 Å². The highest BCUT2D eigenvalue weighted by Gasteiger charge is 2.48. The molecule has 6 rings (SSSR count). The number of ether oxygens (including phenoxy) is 2. The number of fused-ring (bicyclic) bond motifs is 1. The third-order valence-corrected chi connectivity index (χ3v) is 9.44. The lowest BCUT2D eigenvalue weighted by molar-refractivity contribution is -0.384. The van der Waals surface area contributed by atoms with E-state index in [-0.39, 0.29) is 27.5 Å². The molecule has 0 aliphatic carbocycles. The minimum Gasteiger partial charge on any atom is -0.507 e. The molecule has 0 radical (unpaired) electrons. The van der Waals surface area contributed by atoms with Crippen LogP contribution in [0.25, 0.3) is 16.5 Å². The van der Waals surface area contributed by atoms with Gasteiger partial charge in [0.25, 0.3) is 11.5 Å². The number of benzene rings is 4.